The summed E-state index contributed by atoms with van der Waals surface area (Å²) in [4.78, 5) is 0. The molecule has 0 saturated heterocycles. The number of phenolic OH excluding ortho intramolecular Hbond substituents is 1. The second-order valence-electron chi connectivity index (χ2n) is 4.29. The van der Waals surface area contributed by atoms with E-state index in [-0.39, 0.29) is 10.8 Å². The molecule has 0 fully saturated rings. The number of halogens is 2. The lowest BCUT2D eigenvalue weighted by molar-refractivity contribution is 0.317. The first kappa shape index (κ1) is 15.9. The summed E-state index contributed by atoms with van der Waals surface area (Å²) in [7, 11) is 0. The zero-order chi connectivity index (χ0) is 15.2. The third-order valence-electron chi connectivity index (χ3n) is 2.81. The average molecular weight is 372 g/mol. The van der Waals surface area contributed by atoms with Gasteiger partial charge in [0.15, 0.2) is 11.5 Å². The number of phenols is 1. The summed E-state index contributed by atoms with van der Waals surface area (Å²) in [6.07, 6.45) is 0. The van der Waals surface area contributed by atoms with Crippen molar-refractivity contribution in [3.63, 3.8) is 0 Å². The van der Waals surface area contributed by atoms with E-state index in [1.807, 2.05) is 37.3 Å². The molecule has 3 N–H and O–H groups in total. The van der Waals surface area contributed by atoms with E-state index in [0.29, 0.717) is 23.4 Å². The molecule has 0 unspecified atom stereocenters. The number of nitrogens with one attached hydrogen (secondary N) is 2. The van der Waals surface area contributed by atoms with Crippen LogP contribution in [-0.4, -0.2) is 11.7 Å². The van der Waals surface area contributed by atoms with Crippen LogP contribution in [0.1, 0.15) is 12.5 Å². The molecule has 2 rings (SSSR count). The van der Waals surface area contributed by atoms with Gasteiger partial charge >= 0.3 is 0 Å². The maximum atomic E-state index is 9.91. The lowest BCUT2D eigenvalue weighted by Gasteiger charge is -2.14. The maximum absolute atomic E-state index is 9.91. The predicted octanol–water partition coefficient (Wildman–Crippen LogP) is 4.32. The van der Waals surface area contributed by atoms with Crippen LogP contribution in [0.15, 0.2) is 40.9 Å². The van der Waals surface area contributed by atoms with E-state index in [2.05, 4.69) is 26.8 Å². The van der Waals surface area contributed by atoms with Gasteiger partial charge in [-0.05, 0) is 46.6 Å². The van der Waals surface area contributed by atoms with E-state index < -0.39 is 0 Å². The fourth-order valence-corrected chi connectivity index (χ4v) is 2.46. The molecule has 2 aromatic carbocycles. The van der Waals surface area contributed by atoms with E-state index in [1.165, 1.54) is 0 Å². The molecule has 0 spiro atoms. The summed E-state index contributed by atoms with van der Waals surface area (Å²) in [5, 5.41) is 10.2. The van der Waals surface area contributed by atoms with Gasteiger partial charge < -0.3 is 15.3 Å². The van der Waals surface area contributed by atoms with Gasteiger partial charge in [0, 0.05) is 16.7 Å². The number of anilines is 1. The Hall–Kier alpha value is -1.43. The Morgan fingerprint density at radius 3 is 2.67 bits per heavy atom. The molecule has 0 bridgehead atoms. The van der Waals surface area contributed by atoms with Crippen molar-refractivity contribution in [3.05, 3.63) is 51.5 Å². The van der Waals surface area contributed by atoms with Crippen molar-refractivity contribution in [2.75, 3.05) is 12.0 Å². The monoisotopic (exact) mass is 370 g/mol. The van der Waals surface area contributed by atoms with Gasteiger partial charge in [0.1, 0.15) is 5.02 Å². The second-order valence-corrected chi connectivity index (χ2v) is 5.46. The van der Waals surface area contributed by atoms with E-state index in [9.17, 15) is 5.11 Å². The Bertz CT molecular complexity index is 608. The van der Waals surface area contributed by atoms with Gasteiger partial charge in [-0.3, -0.25) is 0 Å². The average Bonchev–Trinajstić information content (AvgIpc) is 2.51. The molecule has 4 nitrogen and oxygen atoms in total. The summed E-state index contributed by atoms with van der Waals surface area (Å²) in [6.45, 7) is 2.82. The zero-order valence-electron chi connectivity index (χ0n) is 11.5. The Balaban J connectivity index is 2.09. The Labute approximate surface area is 137 Å². The summed E-state index contributed by atoms with van der Waals surface area (Å²) in [6, 6.07) is 11.5. The second kappa shape index (κ2) is 7.54. The van der Waals surface area contributed by atoms with Crippen molar-refractivity contribution in [1.29, 1.82) is 0 Å². The van der Waals surface area contributed by atoms with E-state index in [4.69, 9.17) is 16.3 Å². The number of ether oxygens (including phenoxy) is 1. The Kier molecular flexibility index (Phi) is 5.73. The van der Waals surface area contributed by atoms with Crippen molar-refractivity contribution in [3.8, 4) is 11.5 Å². The van der Waals surface area contributed by atoms with Gasteiger partial charge in [-0.2, -0.15) is 0 Å². The minimum Gasteiger partial charge on any atom is -0.503 e. The standard InChI is InChI=1S/C15H16BrClN2O2/c1-2-21-12-8-10(13(16)14(17)15(12)20)9-18-19-11-6-4-3-5-7-11/h3-8,18-20H,2,9H2,1H3. The SMILES string of the molecule is CCOc1cc(CNNc2ccccc2)c(Br)c(Cl)c1O. The molecule has 21 heavy (non-hydrogen) atoms. The van der Waals surface area contributed by atoms with E-state index in [1.54, 1.807) is 6.07 Å². The van der Waals surface area contributed by atoms with Crippen LogP contribution in [0.3, 0.4) is 0 Å². The smallest absolute Gasteiger partial charge is 0.177 e. The largest absolute Gasteiger partial charge is 0.503 e. The van der Waals surface area contributed by atoms with Crippen LogP contribution in [0.4, 0.5) is 5.69 Å². The van der Waals surface area contributed by atoms with Crippen LogP contribution >= 0.6 is 27.5 Å². The number of benzene rings is 2. The van der Waals surface area contributed by atoms with Gasteiger partial charge in [-0.1, -0.05) is 29.8 Å². The fourth-order valence-electron chi connectivity index (χ4n) is 1.80. The minimum absolute atomic E-state index is 0.0508. The van der Waals surface area contributed by atoms with Gasteiger partial charge in [0.2, 0.25) is 0 Å². The molecule has 0 saturated carbocycles. The first-order valence-corrected chi connectivity index (χ1v) is 7.67. The molecule has 0 aromatic heterocycles. The van der Waals surface area contributed by atoms with Crippen molar-refractivity contribution >= 4 is 33.2 Å². The van der Waals surface area contributed by atoms with Crippen LogP contribution < -0.4 is 15.6 Å². The number of aromatic hydroxyl groups is 1. The zero-order valence-corrected chi connectivity index (χ0v) is 13.8. The molecule has 0 radical (unpaired) electrons. The van der Waals surface area contributed by atoms with Crippen LogP contribution in [0.5, 0.6) is 11.5 Å². The number of hydrogen-bond acceptors (Lipinski definition) is 4. The number of hydrazine groups is 1. The third kappa shape index (κ3) is 4.03. The van der Waals surface area contributed by atoms with Crippen LogP contribution in [0.25, 0.3) is 0 Å². The molecule has 0 heterocycles. The van der Waals surface area contributed by atoms with Crippen LogP contribution in [-0.2, 0) is 6.54 Å². The minimum atomic E-state index is -0.0508. The van der Waals surface area contributed by atoms with Crippen molar-refractivity contribution in [2.45, 2.75) is 13.5 Å². The molecule has 0 aliphatic heterocycles. The number of hydrogen-bond donors (Lipinski definition) is 3. The van der Waals surface area contributed by atoms with E-state index >= 15 is 0 Å². The summed E-state index contributed by atoms with van der Waals surface area (Å²) >= 11 is 9.48. The van der Waals surface area contributed by atoms with Crippen LogP contribution in [0.2, 0.25) is 5.02 Å². The van der Waals surface area contributed by atoms with Crippen molar-refractivity contribution < 1.29 is 9.84 Å². The highest BCUT2D eigenvalue weighted by molar-refractivity contribution is 9.10. The molecular formula is C15H16BrClN2O2. The topological polar surface area (TPSA) is 53.5 Å². The summed E-state index contributed by atoms with van der Waals surface area (Å²) in [5.74, 6) is 0.326. The maximum Gasteiger partial charge on any atom is 0.177 e. The normalized spacial score (nSPS) is 10.4. The lowest BCUT2D eigenvalue weighted by Crippen LogP contribution is -2.21. The molecule has 0 atom stereocenters. The van der Waals surface area contributed by atoms with Gasteiger partial charge in [-0.15, -0.1) is 0 Å². The van der Waals surface area contributed by atoms with Crippen LogP contribution in [0, 0.1) is 0 Å². The quantitative estimate of drug-likeness (QED) is 0.662. The predicted molar refractivity (Wildman–Crippen MR) is 88.9 cm³/mol. The van der Waals surface area contributed by atoms with Crippen molar-refractivity contribution in [2.24, 2.45) is 0 Å². The summed E-state index contributed by atoms with van der Waals surface area (Å²) in [5.41, 5.74) is 8.03. The highest BCUT2D eigenvalue weighted by atomic mass is 79.9. The molecule has 6 heteroatoms. The fraction of sp³-hybridized carbons (Fsp3) is 0.200. The molecule has 0 aliphatic carbocycles. The Morgan fingerprint density at radius 2 is 2.00 bits per heavy atom. The van der Waals surface area contributed by atoms with Gasteiger partial charge in [0.25, 0.3) is 0 Å². The third-order valence-corrected chi connectivity index (χ3v) is 4.31. The molecular weight excluding hydrogens is 356 g/mol. The lowest BCUT2D eigenvalue weighted by atomic mass is 10.2. The number of para-hydroxylation sites is 1. The van der Waals surface area contributed by atoms with Gasteiger partial charge in [0.05, 0.1) is 6.61 Å². The first-order chi connectivity index (χ1) is 10.1. The number of rotatable bonds is 6. The molecule has 0 aliphatic rings. The first-order valence-electron chi connectivity index (χ1n) is 6.50. The highest BCUT2D eigenvalue weighted by Crippen LogP contribution is 2.41. The molecule has 2 aromatic rings. The molecule has 0 amide bonds. The molecule has 112 valence electrons. The summed E-state index contributed by atoms with van der Waals surface area (Å²) < 4.78 is 6.02. The van der Waals surface area contributed by atoms with Crippen molar-refractivity contribution in [1.82, 2.24) is 5.43 Å². The Morgan fingerprint density at radius 1 is 1.29 bits per heavy atom. The van der Waals surface area contributed by atoms with Gasteiger partial charge in [-0.25, -0.2) is 5.43 Å². The van der Waals surface area contributed by atoms with E-state index in [0.717, 1.165) is 11.3 Å². The highest BCUT2D eigenvalue weighted by Gasteiger charge is 2.15.